The van der Waals surface area contributed by atoms with Gasteiger partial charge in [-0.05, 0) is 42.4 Å². The second-order valence-corrected chi connectivity index (χ2v) is 5.12. The summed E-state index contributed by atoms with van der Waals surface area (Å²) >= 11 is 0. The lowest BCUT2D eigenvalue weighted by Gasteiger charge is -2.15. The maximum atomic E-state index is 13.0. The zero-order chi connectivity index (χ0) is 13.0. The van der Waals surface area contributed by atoms with Gasteiger partial charge in [0.05, 0.1) is 0 Å². The van der Waals surface area contributed by atoms with Gasteiger partial charge in [0.15, 0.2) is 0 Å². The number of hydrogen-bond acceptors (Lipinski definition) is 2. The molecule has 0 spiro atoms. The summed E-state index contributed by atoms with van der Waals surface area (Å²) in [6.45, 7) is 2.16. The summed E-state index contributed by atoms with van der Waals surface area (Å²) in [7, 11) is 1.71. The minimum atomic E-state index is -0.521. The third-order valence-corrected chi connectivity index (χ3v) is 3.55. The summed E-state index contributed by atoms with van der Waals surface area (Å²) in [6.07, 6.45) is 3.47. The van der Waals surface area contributed by atoms with Crippen molar-refractivity contribution < 1.29 is 13.5 Å². The zero-order valence-corrected chi connectivity index (χ0v) is 10.6. The quantitative estimate of drug-likeness (QED) is 0.809. The summed E-state index contributed by atoms with van der Waals surface area (Å²) in [6, 6.07) is 3.63. The standard InChI is InChI=1S/C14H19F2NO/c1-18-5-4-14(2-3-14)10-17-9-11-6-12(15)8-13(16)7-11/h6-8,17H,2-5,9-10H2,1H3. The molecule has 100 valence electrons. The lowest BCUT2D eigenvalue weighted by atomic mass is 10.0. The van der Waals surface area contributed by atoms with Gasteiger partial charge in [-0.15, -0.1) is 0 Å². The molecule has 1 N–H and O–H groups in total. The van der Waals surface area contributed by atoms with Crippen molar-refractivity contribution in [2.24, 2.45) is 5.41 Å². The molecule has 1 aliphatic rings. The van der Waals surface area contributed by atoms with Crippen LogP contribution in [0.15, 0.2) is 18.2 Å². The molecule has 0 heterocycles. The minimum Gasteiger partial charge on any atom is -0.385 e. The fourth-order valence-electron chi connectivity index (χ4n) is 2.20. The van der Waals surface area contributed by atoms with Crippen LogP contribution in [0.2, 0.25) is 0 Å². The third-order valence-electron chi connectivity index (χ3n) is 3.55. The first-order valence-corrected chi connectivity index (χ1v) is 6.28. The lowest BCUT2D eigenvalue weighted by molar-refractivity contribution is 0.171. The number of ether oxygens (including phenoxy) is 1. The van der Waals surface area contributed by atoms with Gasteiger partial charge >= 0.3 is 0 Å². The van der Waals surface area contributed by atoms with Crippen LogP contribution >= 0.6 is 0 Å². The van der Waals surface area contributed by atoms with E-state index in [9.17, 15) is 8.78 Å². The summed E-state index contributed by atoms with van der Waals surface area (Å²) in [4.78, 5) is 0. The SMILES string of the molecule is COCCC1(CNCc2cc(F)cc(F)c2)CC1. The molecule has 1 saturated carbocycles. The van der Waals surface area contributed by atoms with Crippen LogP contribution < -0.4 is 5.32 Å². The van der Waals surface area contributed by atoms with E-state index in [0.29, 0.717) is 17.5 Å². The van der Waals surface area contributed by atoms with Gasteiger partial charge in [0.2, 0.25) is 0 Å². The van der Waals surface area contributed by atoms with Gasteiger partial charge in [-0.2, -0.15) is 0 Å². The molecule has 2 nitrogen and oxygen atoms in total. The highest BCUT2D eigenvalue weighted by molar-refractivity contribution is 5.17. The second kappa shape index (κ2) is 5.76. The molecule has 18 heavy (non-hydrogen) atoms. The van der Waals surface area contributed by atoms with E-state index in [4.69, 9.17) is 4.74 Å². The summed E-state index contributed by atoms with van der Waals surface area (Å²) in [5.74, 6) is -1.04. The van der Waals surface area contributed by atoms with Crippen molar-refractivity contribution in [3.05, 3.63) is 35.4 Å². The maximum absolute atomic E-state index is 13.0. The van der Waals surface area contributed by atoms with Crippen LogP contribution in [0.25, 0.3) is 0 Å². The van der Waals surface area contributed by atoms with Gasteiger partial charge in [-0.1, -0.05) is 0 Å². The number of nitrogens with one attached hydrogen (secondary N) is 1. The Morgan fingerprint density at radius 1 is 1.22 bits per heavy atom. The molecular formula is C14H19F2NO. The van der Waals surface area contributed by atoms with Crippen molar-refractivity contribution in [3.8, 4) is 0 Å². The Labute approximate surface area is 106 Å². The Bertz CT molecular complexity index is 385. The first kappa shape index (κ1) is 13.4. The van der Waals surface area contributed by atoms with E-state index in [1.165, 1.54) is 25.0 Å². The summed E-state index contributed by atoms with van der Waals surface area (Å²) in [5, 5.41) is 3.28. The smallest absolute Gasteiger partial charge is 0.126 e. The number of methoxy groups -OCH3 is 1. The number of benzene rings is 1. The summed E-state index contributed by atoms with van der Waals surface area (Å²) in [5.41, 5.74) is 0.997. The molecule has 1 aromatic carbocycles. The van der Waals surface area contributed by atoms with Crippen molar-refractivity contribution in [2.75, 3.05) is 20.3 Å². The Kier molecular flexibility index (Phi) is 4.30. The highest BCUT2D eigenvalue weighted by Crippen LogP contribution is 2.48. The molecule has 4 heteroatoms. The fraction of sp³-hybridized carbons (Fsp3) is 0.571. The van der Waals surface area contributed by atoms with E-state index in [-0.39, 0.29) is 0 Å². The summed E-state index contributed by atoms with van der Waals surface area (Å²) < 4.78 is 31.1. The average Bonchev–Trinajstić information content (AvgIpc) is 3.06. The van der Waals surface area contributed by atoms with Gasteiger partial charge in [0, 0.05) is 32.9 Å². The van der Waals surface area contributed by atoms with Crippen molar-refractivity contribution in [2.45, 2.75) is 25.8 Å². The van der Waals surface area contributed by atoms with E-state index >= 15 is 0 Å². The van der Waals surface area contributed by atoms with Crippen LogP contribution in [0.4, 0.5) is 8.78 Å². The van der Waals surface area contributed by atoms with Crippen LogP contribution in [0, 0.1) is 17.0 Å². The molecule has 1 fully saturated rings. The first-order chi connectivity index (χ1) is 8.63. The predicted molar refractivity (Wildman–Crippen MR) is 66.2 cm³/mol. The normalized spacial score (nSPS) is 16.8. The average molecular weight is 255 g/mol. The number of halogens is 2. The van der Waals surface area contributed by atoms with E-state index in [1.807, 2.05) is 0 Å². The number of rotatable bonds is 7. The molecular weight excluding hydrogens is 236 g/mol. The zero-order valence-electron chi connectivity index (χ0n) is 10.6. The Balaban J connectivity index is 1.78. The largest absolute Gasteiger partial charge is 0.385 e. The van der Waals surface area contributed by atoms with Crippen molar-refractivity contribution in [1.82, 2.24) is 5.32 Å². The van der Waals surface area contributed by atoms with Crippen LogP contribution in [-0.2, 0) is 11.3 Å². The maximum Gasteiger partial charge on any atom is 0.126 e. The Morgan fingerprint density at radius 2 is 1.89 bits per heavy atom. The van der Waals surface area contributed by atoms with E-state index in [1.54, 1.807) is 7.11 Å². The van der Waals surface area contributed by atoms with Gasteiger partial charge in [0.1, 0.15) is 11.6 Å². The molecule has 0 unspecified atom stereocenters. The van der Waals surface area contributed by atoms with Crippen molar-refractivity contribution >= 4 is 0 Å². The molecule has 0 saturated heterocycles. The molecule has 0 radical (unpaired) electrons. The van der Waals surface area contributed by atoms with Gasteiger partial charge in [-0.25, -0.2) is 8.78 Å². The molecule has 2 rings (SSSR count). The monoisotopic (exact) mass is 255 g/mol. The van der Waals surface area contributed by atoms with Crippen LogP contribution in [0.1, 0.15) is 24.8 Å². The van der Waals surface area contributed by atoms with Crippen LogP contribution in [-0.4, -0.2) is 20.3 Å². The lowest BCUT2D eigenvalue weighted by Crippen LogP contribution is -2.24. The number of hydrogen-bond donors (Lipinski definition) is 1. The molecule has 0 aromatic heterocycles. The molecule has 1 aliphatic carbocycles. The molecule has 0 atom stereocenters. The van der Waals surface area contributed by atoms with Crippen LogP contribution in [0.3, 0.4) is 0 Å². The third kappa shape index (κ3) is 3.75. The predicted octanol–water partition coefficient (Wildman–Crippen LogP) is 2.87. The Morgan fingerprint density at radius 3 is 2.44 bits per heavy atom. The van der Waals surface area contributed by atoms with Crippen molar-refractivity contribution in [1.29, 1.82) is 0 Å². The van der Waals surface area contributed by atoms with Crippen molar-refractivity contribution in [3.63, 3.8) is 0 Å². The minimum absolute atomic E-state index is 0.349. The van der Waals surface area contributed by atoms with Crippen LogP contribution in [0.5, 0.6) is 0 Å². The topological polar surface area (TPSA) is 21.3 Å². The van der Waals surface area contributed by atoms with E-state index in [2.05, 4.69) is 5.32 Å². The highest BCUT2D eigenvalue weighted by Gasteiger charge is 2.41. The Hall–Kier alpha value is -1.00. The van der Waals surface area contributed by atoms with E-state index < -0.39 is 11.6 Å². The molecule has 1 aromatic rings. The molecule has 0 amide bonds. The van der Waals surface area contributed by atoms with Gasteiger partial charge in [-0.3, -0.25) is 0 Å². The first-order valence-electron chi connectivity index (χ1n) is 6.28. The highest BCUT2D eigenvalue weighted by atomic mass is 19.1. The van der Waals surface area contributed by atoms with E-state index in [0.717, 1.165) is 25.6 Å². The second-order valence-electron chi connectivity index (χ2n) is 5.12. The fourth-order valence-corrected chi connectivity index (χ4v) is 2.20. The molecule has 0 aliphatic heterocycles. The van der Waals surface area contributed by atoms with Gasteiger partial charge in [0.25, 0.3) is 0 Å². The molecule has 0 bridgehead atoms. The van der Waals surface area contributed by atoms with Gasteiger partial charge < -0.3 is 10.1 Å².